The molecule has 3 atom stereocenters. The maximum absolute atomic E-state index is 15.9. The monoisotopic (exact) mass is 691 g/mol. The van der Waals surface area contributed by atoms with E-state index in [0.29, 0.717) is 42.6 Å². The Morgan fingerprint density at radius 3 is 2.43 bits per heavy atom. The fourth-order valence-corrected chi connectivity index (χ4v) is 7.46. The fourth-order valence-electron chi connectivity index (χ4n) is 6.01. The van der Waals surface area contributed by atoms with Crippen LogP contribution in [0.1, 0.15) is 35.6 Å². The van der Waals surface area contributed by atoms with E-state index in [1.54, 1.807) is 36.1 Å². The molecule has 0 spiro atoms. The molecule has 2 heterocycles. The predicted molar refractivity (Wildman–Crippen MR) is 176 cm³/mol. The van der Waals surface area contributed by atoms with Crippen LogP contribution in [0.2, 0.25) is 0 Å². The molecular formula is C35H35F2N5O6S. The van der Waals surface area contributed by atoms with Crippen LogP contribution in [0.5, 0.6) is 17.2 Å². The Bertz CT molecular complexity index is 2000. The lowest BCUT2D eigenvalue weighted by molar-refractivity contribution is 0.0375. The lowest BCUT2D eigenvalue weighted by atomic mass is 10.0. The third kappa shape index (κ3) is 7.34. The summed E-state index contributed by atoms with van der Waals surface area (Å²) in [5.74, 6) is -2.13. The number of methoxy groups -OCH3 is 2. The molecule has 0 unspecified atom stereocenters. The number of sulfonamides is 1. The minimum Gasteiger partial charge on any atom is -0.497 e. The van der Waals surface area contributed by atoms with Gasteiger partial charge in [-0.2, -0.15) is 5.10 Å². The van der Waals surface area contributed by atoms with Crippen molar-refractivity contribution >= 4 is 15.8 Å². The van der Waals surface area contributed by atoms with Gasteiger partial charge in [0.1, 0.15) is 40.5 Å². The zero-order valence-electron chi connectivity index (χ0n) is 27.1. The van der Waals surface area contributed by atoms with Crippen molar-refractivity contribution in [2.75, 3.05) is 18.5 Å². The zero-order chi connectivity index (χ0) is 34.5. The molecule has 0 saturated heterocycles. The summed E-state index contributed by atoms with van der Waals surface area (Å²) in [4.78, 5) is 7.06. The van der Waals surface area contributed by atoms with Crippen LogP contribution in [0, 0.1) is 11.6 Å². The minimum absolute atomic E-state index is 0.0560. The quantitative estimate of drug-likeness (QED) is 0.151. The number of aromatic nitrogens is 4. The van der Waals surface area contributed by atoms with Gasteiger partial charge >= 0.3 is 0 Å². The number of hydrogen-bond donors (Lipinski definition) is 0. The van der Waals surface area contributed by atoms with Crippen LogP contribution < -0.4 is 18.5 Å². The van der Waals surface area contributed by atoms with Crippen LogP contribution in [0.25, 0.3) is 0 Å². The van der Waals surface area contributed by atoms with Crippen molar-refractivity contribution < 1.29 is 36.1 Å². The molecule has 0 bridgehead atoms. The van der Waals surface area contributed by atoms with E-state index in [2.05, 4.69) is 15.1 Å². The van der Waals surface area contributed by atoms with Gasteiger partial charge in [-0.1, -0.05) is 30.3 Å². The van der Waals surface area contributed by atoms with Crippen molar-refractivity contribution in [2.24, 2.45) is 7.05 Å². The number of anilines is 1. The summed E-state index contributed by atoms with van der Waals surface area (Å²) >= 11 is 0. The fraction of sp³-hybridized carbons (Fsp3) is 0.286. The molecule has 2 aromatic heterocycles. The number of halogens is 2. The molecule has 0 radical (unpaired) electrons. The van der Waals surface area contributed by atoms with Gasteiger partial charge in [-0.25, -0.2) is 31.5 Å². The lowest BCUT2D eigenvalue weighted by Crippen LogP contribution is -2.32. The highest BCUT2D eigenvalue weighted by Crippen LogP contribution is 2.40. The second kappa shape index (κ2) is 14.6. The number of aryl methyl sites for hydroxylation is 1. The standard InChI is InChI=1S/C35H35F2N5O6S/c1-41-30(11-14-40-41)27-15-26(47-21-23-7-5-4-6-8-23)17-32(27)48-33-18-29(37)34(19-28(33)36)49(43,44)42(35-12-13-38-22-39-35)20-24-9-10-25(45-2)16-31(24)46-3/h4-14,16,18-19,22,26-27,32H,15,17,20-21H2,1-3H3/t26-,27-,32+/m1/s1. The van der Waals surface area contributed by atoms with Crippen LogP contribution >= 0.6 is 0 Å². The third-order valence-electron chi connectivity index (χ3n) is 8.49. The molecule has 0 amide bonds. The SMILES string of the molecule is COc1ccc(CN(c2ccncn2)S(=O)(=O)c2cc(F)c(O[C@H]3C[C@H](OCc4ccccc4)C[C@@H]3c3ccnn3C)cc2F)c(OC)c1. The van der Waals surface area contributed by atoms with E-state index in [4.69, 9.17) is 18.9 Å². The molecule has 1 fully saturated rings. The van der Waals surface area contributed by atoms with E-state index in [1.165, 1.54) is 26.5 Å². The summed E-state index contributed by atoms with van der Waals surface area (Å²) < 4.78 is 85.5. The first kappa shape index (κ1) is 33.8. The van der Waals surface area contributed by atoms with Crippen LogP contribution in [0.4, 0.5) is 14.6 Å². The van der Waals surface area contributed by atoms with Crippen molar-refractivity contribution in [3.8, 4) is 17.2 Å². The van der Waals surface area contributed by atoms with Gasteiger partial charge in [-0.05, 0) is 30.2 Å². The van der Waals surface area contributed by atoms with E-state index in [0.717, 1.165) is 28.0 Å². The Morgan fingerprint density at radius 2 is 1.73 bits per heavy atom. The van der Waals surface area contributed by atoms with E-state index in [-0.39, 0.29) is 24.4 Å². The first-order chi connectivity index (χ1) is 23.7. The first-order valence-corrected chi connectivity index (χ1v) is 16.9. The number of benzene rings is 3. The maximum atomic E-state index is 15.9. The summed E-state index contributed by atoms with van der Waals surface area (Å²) in [5.41, 5.74) is 2.29. The van der Waals surface area contributed by atoms with Gasteiger partial charge in [0.15, 0.2) is 11.6 Å². The molecular weight excluding hydrogens is 656 g/mol. The Labute approximate surface area is 283 Å². The summed E-state index contributed by atoms with van der Waals surface area (Å²) in [7, 11) is -0.0156. The first-order valence-electron chi connectivity index (χ1n) is 15.5. The van der Waals surface area contributed by atoms with Crippen molar-refractivity contribution in [1.82, 2.24) is 19.7 Å². The van der Waals surface area contributed by atoms with E-state index >= 15 is 8.78 Å². The predicted octanol–water partition coefficient (Wildman–Crippen LogP) is 5.81. The van der Waals surface area contributed by atoms with Crippen molar-refractivity contribution in [2.45, 2.75) is 49.0 Å². The van der Waals surface area contributed by atoms with Gasteiger partial charge < -0.3 is 18.9 Å². The van der Waals surface area contributed by atoms with Crippen molar-refractivity contribution in [3.63, 3.8) is 0 Å². The van der Waals surface area contributed by atoms with Gasteiger partial charge in [-0.15, -0.1) is 0 Å². The minimum atomic E-state index is -4.73. The van der Waals surface area contributed by atoms with Crippen molar-refractivity contribution in [1.29, 1.82) is 0 Å². The zero-order valence-corrected chi connectivity index (χ0v) is 27.9. The molecule has 6 rings (SSSR count). The molecule has 256 valence electrons. The summed E-state index contributed by atoms with van der Waals surface area (Å²) in [6.45, 7) is 0.0712. The number of ether oxygens (including phenoxy) is 4. The topological polar surface area (TPSA) is 118 Å². The van der Waals surface area contributed by atoms with Crippen LogP contribution in [-0.4, -0.2) is 54.6 Å². The number of rotatable bonds is 13. The van der Waals surface area contributed by atoms with Gasteiger partial charge in [0.05, 0.1) is 33.5 Å². The number of nitrogens with zero attached hydrogens (tertiary/aromatic N) is 5. The molecule has 49 heavy (non-hydrogen) atoms. The summed E-state index contributed by atoms with van der Waals surface area (Å²) in [6.07, 6.45) is 4.30. The molecule has 14 heteroatoms. The highest BCUT2D eigenvalue weighted by Gasteiger charge is 2.40. The molecule has 5 aromatic rings. The number of hydrogen-bond acceptors (Lipinski definition) is 9. The average Bonchev–Trinajstić information content (AvgIpc) is 3.73. The van der Waals surface area contributed by atoms with E-state index < -0.39 is 38.4 Å². The molecule has 0 aliphatic heterocycles. The van der Waals surface area contributed by atoms with Crippen LogP contribution in [0.15, 0.2) is 96.4 Å². The molecule has 1 aliphatic rings. The maximum Gasteiger partial charge on any atom is 0.268 e. The van der Waals surface area contributed by atoms with Gasteiger partial charge in [0.25, 0.3) is 10.0 Å². The highest BCUT2D eigenvalue weighted by atomic mass is 32.2. The molecule has 0 N–H and O–H groups in total. The van der Waals surface area contributed by atoms with Gasteiger partial charge in [-0.3, -0.25) is 4.68 Å². The highest BCUT2D eigenvalue weighted by molar-refractivity contribution is 7.92. The Kier molecular flexibility index (Phi) is 10.1. The molecule has 11 nitrogen and oxygen atoms in total. The summed E-state index contributed by atoms with van der Waals surface area (Å²) in [6, 6.07) is 19.2. The largest absolute Gasteiger partial charge is 0.497 e. The van der Waals surface area contributed by atoms with Crippen molar-refractivity contribution in [3.05, 3.63) is 120 Å². The van der Waals surface area contributed by atoms with Crippen LogP contribution in [0.3, 0.4) is 0 Å². The normalized spacial score (nSPS) is 17.5. The second-order valence-corrected chi connectivity index (χ2v) is 13.3. The molecule has 1 aliphatic carbocycles. The van der Waals surface area contributed by atoms with Crippen LogP contribution in [-0.2, 0) is 35.0 Å². The smallest absolute Gasteiger partial charge is 0.268 e. The molecule has 1 saturated carbocycles. The Balaban J connectivity index is 1.29. The summed E-state index contributed by atoms with van der Waals surface area (Å²) in [5, 5.41) is 4.27. The van der Waals surface area contributed by atoms with Gasteiger partial charge in [0.2, 0.25) is 0 Å². The van der Waals surface area contributed by atoms with Gasteiger partial charge in [0, 0.05) is 67.3 Å². The Morgan fingerprint density at radius 1 is 0.918 bits per heavy atom. The lowest BCUT2D eigenvalue weighted by Gasteiger charge is -2.25. The second-order valence-electron chi connectivity index (χ2n) is 11.5. The van der Waals surface area contributed by atoms with E-state index in [1.807, 2.05) is 36.4 Å². The molecule has 3 aromatic carbocycles. The van der Waals surface area contributed by atoms with E-state index in [9.17, 15) is 8.42 Å². The average molecular weight is 692 g/mol. The third-order valence-corrected chi connectivity index (χ3v) is 10.3. The Hall–Kier alpha value is -5.08.